The number of aromatic nitrogens is 3. The third-order valence-electron chi connectivity index (χ3n) is 4.37. The zero-order chi connectivity index (χ0) is 21.3. The van der Waals surface area contributed by atoms with Crippen LogP contribution in [0.2, 0.25) is 5.02 Å². The van der Waals surface area contributed by atoms with Crippen LogP contribution in [0.25, 0.3) is 11.0 Å². The van der Waals surface area contributed by atoms with Crippen molar-refractivity contribution in [3.8, 4) is 0 Å². The van der Waals surface area contributed by atoms with Gasteiger partial charge in [0.25, 0.3) is 5.91 Å². The van der Waals surface area contributed by atoms with Crippen LogP contribution >= 0.6 is 11.6 Å². The molecule has 30 heavy (non-hydrogen) atoms. The molecule has 152 valence electrons. The number of nitrogens with one attached hydrogen (secondary N) is 3. The van der Waals surface area contributed by atoms with E-state index in [4.69, 9.17) is 11.6 Å². The molecule has 2 heterocycles. The van der Waals surface area contributed by atoms with Crippen LogP contribution in [0.1, 0.15) is 10.5 Å². The van der Waals surface area contributed by atoms with Crippen LogP contribution in [0.5, 0.6) is 0 Å². The van der Waals surface area contributed by atoms with Crippen LogP contribution in [0.3, 0.4) is 0 Å². The number of rotatable bonds is 5. The number of amides is 1. The second-order valence-electron chi connectivity index (χ2n) is 6.36. The summed E-state index contributed by atoms with van der Waals surface area (Å²) in [5, 5.41) is 6.16. The molecule has 0 bridgehead atoms. The summed E-state index contributed by atoms with van der Waals surface area (Å²) in [6.07, 6.45) is 1.29. The molecule has 0 atom stereocenters. The van der Waals surface area contributed by atoms with Gasteiger partial charge in [0.05, 0.1) is 20.8 Å². The first-order chi connectivity index (χ1) is 14.4. The van der Waals surface area contributed by atoms with Crippen molar-refractivity contribution in [2.24, 2.45) is 0 Å². The average molecular weight is 442 g/mol. The molecule has 8 nitrogen and oxygen atoms in total. The maximum atomic E-state index is 13.0. The summed E-state index contributed by atoms with van der Waals surface area (Å²) >= 11 is 5.89. The fourth-order valence-electron chi connectivity index (χ4n) is 2.85. The number of nitrogens with zero attached hydrogens (tertiary/aromatic N) is 2. The van der Waals surface area contributed by atoms with Crippen molar-refractivity contribution >= 4 is 50.0 Å². The maximum Gasteiger partial charge on any atom is 0.269 e. The van der Waals surface area contributed by atoms with Gasteiger partial charge in [-0.15, -0.1) is 0 Å². The summed E-state index contributed by atoms with van der Waals surface area (Å²) in [5.74, 6) is 0.00155. The van der Waals surface area contributed by atoms with E-state index in [1.807, 2.05) is 0 Å². The highest BCUT2D eigenvalue weighted by atomic mass is 35.5. The van der Waals surface area contributed by atoms with Gasteiger partial charge in [-0.25, -0.2) is 13.4 Å². The number of halogens is 1. The Morgan fingerprint density at radius 3 is 2.50 bits per heavy atom. The number of aromatic amines is 1. The zero-order valence-electron chi connectivity index (χ0n) is 15.7. The van der Waals surface area contributed by atoms with Crippen LogP contribution in [-0.2, 0) is 9.84 Å². The van der Waals surface area contributed by atoms with Crippen LogP contribution in [-0.4, -0.2) is 36.3 Å². The van der Waals surface area contributed by atoms with Gasteiger partial charge in [-0.2, -0.15) is 0 Å². The topological polar surface area (TPSA) is 117 Å². The first-order valence-corrected chi connectivity index (χ1v) is 10.7. The maximum absolute atomic E-state index is 13.0. The molecule has 0 aliphatic carbocycles. The SMILES string of the molecule is CNC(=O)c1cc(S(=O)(=O)c2ccc3nc(Nc4ccc(Cl)cc4)[nH]c3c2)ccn1. The van der Waals surface area contributed by atoms with E-state index in [9.17, 15) is 13.2 Å². The standard InChI is InChI=1S/C20H16ClN5O3S/c1-22-19(27)18-11-15(8-9-23-18)30(28,29)14-6-7-16-17(10-14)26-20(25-16)24-13-4-2-12(21)3-5-13/h2-11H,1H3,(H,22,27)(H2,24,25,26). The molecule has 0 unspecified atom stereocenters. The minimum absolute atomic E-state index is 0.0190. The van der Waals surface area contributed by atoms with Crippen molar-refractivity contribution in [3.63, 3.8) is 0 Å². The number of sulfone groups is 1. The summed E-state index contributed by atoms with van der Waals surface area (Å²) in [4.78, 5) is 23.2. The normalized spacial score (nSPS) is 11.4. The lowest BCUT2D eigenvalue weighted by Gasteiger charge is -2.06. The third-order valence-corrected chi connectivity index (χ3v) is 6.37. The summed E-state index contributed by atoms with van der Waals surface area (Å²) in [6.45, 7) is 0. The lowest BCUT2D eigenvalue weighted by Crippen LogP contribution is -2.19. The number of pyridine rings is 1. The molecule has 0 saturated heterocycles. The number of hydrogen-bond donors (Lipinski definition) is 3. The number of H-pyrrole nitrogens is 1. The van der Waals surface area contributed by atoms with Gasteiger partial charge in [0.2, 0.25) is 15.8 Å². The number of benzene rings is 2. The molecule has 0 aliphatic rings. The molecule has 0 fully saturated rings. The summed E-state index contributed by atoms with van der Waals surface area (Å²) < 4.78 is 26.1. The first-order valence-electron chi connectivity index (χ1n) is 8.82. The Kier molecular flexibility index (Phi) is 5.15. The molecule has 0 radical (unpaired) electrons. The van der Waals surface area contributed by atoms with Crippen molar-refractivity contribution in [3.05, 3.63) is 71.5 Å². The van der Waals surface area contributed by atoms with Crippen LogP contribution in [0.15, 0.2) is 70.6 Å². The van der Waals surface area contributed by atoms with Crippen molar-refractivity contribution in [2.45, 2.75) is 9.79 Å². The van der Waals surface area contributed by atoms with E-state index in [0.29, 0.717) is 22.0 Å². The quantitative estimate of drug-likeness (QED) is 0.436. The second-order valence-corrected chi connectivity index (χ2v) is 8.74. The summed E-state index contributed by atoms with van der Waals surface area (Å²) in [7, 11) is -2.40. The Bertz CT molecular complexity index is 1350. The van der Waals surface area contributed by atoms with E-state index in [0.717, 1.165) is 5.69 Å². The Morgan fingerprint density at radius 1 is 1.03 bits per heavy atom. The van der Waals surface area contributed by atoms with E-state index < -0.39 is 15.7 Å². The Hall–Kier alpha value is -3.43. The van der Waals surface area contributed by atoms with Crippen molar-refractivity contribution < 1.29 is 13.2 Å². The van der Waals surface area contributed by atoms with Gasteiger partial charge in [0, 0.05) is 24.0 Å². The van der Waals surface area contributed by atoms with Crippen LogP contribution in [0.4, 0.5) is 11.6 Å². The van der Waals surface area contributed by atoms with Crippen molar-refractivity contribution in [1.82, 2.24) is 20.3 Å². The Labute approximate surface area is 177 Å². The number of fused-ring (bicyclic) bond motifs is 1. The van der Waals surface area contributed by atoms with Crippen LogP contribution < -0.4 is 10.6 Å². The molecule has 2 aromatic carbocycles. The highest BCUT2D eigenvalue weighted by molar-refractivity contribution is 7.91. The molecule has 3 N–H and O–H groups in total. The molecule has 4 rings (SSSR count). The Morgan fingerprint density at radius 2 is 1.77 bits per heavy atom. The van der Waals surface area contributed by atoms with Gasteiger partial charge in [-0.1, -0.05) is 11.6 Å². The molecule has 0 spiro atoms. The Balaban J connectivity index is 1.67. The second kappa shape index (κ2) is 7.77. The molecule has 0 aliphatic heterocycles. The minimum atomic E-state index is -3.85. The highest BCUT2D eigenvalue weighted by Crippen LogP contribution is 2.26. The smallest absolute Gasteiger partial charge is 0.269 e. The highest BCUT2D eigenvalue weighted by Gasteiger charge is 2.20. The van der Waals surface area contributed by atoms with Gasteiger partial charge in [-0.05, 0) is 54.6 Å². The lowest BCUT2D eigenvalue weighted by molar-refractivity contribution is 0.0958. The predicted molar refractivity (Wildman–Crippen MR) is 114 cm³/mol. The summed E-state index contributed by atoms with van der Waals surface area (Å²) in [6, 6.07) is 14.3. The van der Waals surface area contributed by atoms with Crippen LogP contribution in [0, 0.1) is 0 Å². The van der Waals surface area contributed by atoms with E-state index in [-0.39, 0.29) is 15.5 Å². The number of hydrogen-bond acceptors (Lipinski definition) is 6. The minimum Gasteiger partial charge on any atom is -0.354 e. The molecule has 0 saturated carbocycles. The van der Waals surface area contributed by atoms with E-state index in [1.54, 1.807) is 30.3 Å². The fraction of sp³-hybridized carbons (Fsp3) is 0.0500. The number of anilines is 2. The third kappa shape index (κ3) is 3.85. The first kappa shape index (κ1) is 19.9. The van der Waals surface area contributed by atoms with Crippen molar-refractivity contribution in [1.29, 1.82) is 0 Å². The molecular weight excluding hydrogens is 426 g/mol. The zero-order valence-corrected chi connectivity index (χ0v) is 17.3. The fourth-order valence-corrected chi connectivity index (χ4v) is 4.28. The van der Waals surface area contributed by atoms with Gasteiger partial charge < -0.3 is 15.6 Å². The van der Waals surface area contributed by atoms with Gasteiger partial charge in [0.1, 0.15) is 5.69 Å². The number of carbonyl (C=O) groups excluding carboxylic acids is 1. The van der Waals surface area contributed by atoms with Gasteiger partial charge in [-0.3, -0.25) is 9.78 Å². The van der Waals surface area contributed by atoms with Gasteiger partial charge in [0.15, 0.2) is 0 Å². The molecular formula is C20H16ClN5O3S. The predicted octanol–water partition coefficient (Wildman–Crippen LogP) is 3.55. The monoisotopic (exact) mass is 441 g/mol. The van der Waals surface area contributed by atoms with Gasteiger partial charge >= 0.3 is 0 Å². The lowest BCUT2D eigenvalue weighted by atomic mass is 10.3. The molecule has 1 amide bonds. The largest absolute Gasteiger partial charge is 0.354 e. The van der Waals surface area contributed by atoms with E-state index in [1.165, 1.54) is 37.5 Å². The summed E-state index contributed by atoms with van der Waals surface area (Å²) in [5.41, 5.74) is 1.96. The number of carbonyl (C=O) groups is 1. The van der Waals surface area contributed by atoms with E-state index >= 15 is 0 Å². The van der Waals surface area contributed by atoms with E-state index in [2.05, 4.69) is 25.6 Å². The molecule has 4 aromatic rings. The molecule has 2 aromatic heterocycles. The average Bonchev–Trinajstić information content (AvgIpc) is 3.16. The molecule has 10 heteroatoms. The number of imidazole rings is 1. The van der Waals surface area contributed by atoms with Crippen molar-refractivity contribution in [2.75, 3.05) is 12.4 Å².